The molecule has 1 unspecified atom stereocenters. The van der Waals surface area contributed by atoms with Crippen LogP contribution in [0.3, 0.4) is 0 Å². The number of benzene rings is 1. The standard InChI is InChI=1S/C13H19NO3/c1-13(2,3)9-6-4-5-7-11(9)17-8-10(14)12(15)16/h4-7,10H,8,14H2,1-3H3,(H,15,16). The molecule has 17 heavy (non-hydrogen) atoms. The largest absolute Gasteiger partial charge is 0.491 e. The van der Waals surface area contributed by atoms with Gasteiger partial charge in [-0.3, -0.25) is 4.79 Å². The Hall–Kier alpha value is -1.55. The third kappa shape index (κ3) is 3.75. The summed E-state index contributed by atoms with van der Waals surface area (Å²) >= 11 is 0. The van der Waals surface area contributed by atoms with Crippen molar-refractivity contribution in [2.75, 3.05) is 6.61 Å². The lowest BCUT2D eigenvalue weighted by atomic mass is 9.86. The van der Waals surface area contributed by atoms with Crippen molar-refractivity contribution in [3.8, 4) is 5.75 Å². The maximum Gasteiger partial charge on any atom is 0.324 e. The van der Waals surface area contributed by atoms with Crippen LogP contribution in [-0.2, 0) is 10.2 Å². The summed E-state index contributed by atoms with van der Waals surface area (Å²) in [5, 5.41) is 8.68. The van der Waals surface area contributed by atoms with Crippen LogP contribution in [0.4, 0.5) is 0 Å². The average molecular weight is 237 g/mol. The molecule has 0 heterocycles. The van der Waals surface area contributed by atoms with E-state index in [1.54, 1.807) is 0 Å². The fourth-order valence-electron chi connectivity index (χ4n) is 1.46. The van der Waals surface area contributed by atoms with Crippen LogP contribution in [-0.4, -0.2) is 23.7 Å². The van der Waals surface area contributed by atoms with Gasteiger partial charge in [-0.2, -0.15) is 0 Å². The van der Waals surface area contributed by atoms with Gasteiger partial charge in [0.1, 0.15) is 18.4 Å². The molecule has 1 atom stereocenters. The summed E-state index contributed by atoms with van der Waals surface area (Å²) in [5.74, 6) is -0.366. The Bertz CT molecular complexity index is 396. The van der Waals surface area contributed by atoms with Crippen LogP contribution in [0, 0.1) is 0 Å². The molecule has 0 aromatic heterocycles. The first-order chi connectivity index (χ1) is 7.82. The smallest absolute Gasteiger partial charge is 0.324 e. The zero-order chi connectivity index (χ0) is 13.1. The van der Waals surface area contributed by atoms with E-state index >= 15 is 0 Å². The van der Waals surface area contributed by atoms with Gasteiger partial charge in [0.2, 0.25) is 0 Å². The Morgan fingerprint density at radius 3 is 2.53 bits per heavy atom. The van der Waals surface area contributed by atoms with Gasteiger partial charge in [-0.1, -0.05) is 39.0 Å². The molecular formula is C13H19NO3. The SMILES string of the molecule is CC(C)(C)c1ccccc1OCC(N)C(=O)O. The Kier molecular flexibility index (Phi) is 4.12. The van der Waals surface area contributed by atoms with Crippen molar-refractivity contribution in [1.29, 1.82) is 0 Å². The van der Waals surface area contributed by atoms with Gasteiger partial charge in [-0.25, -0.2) is 0 Å². The lowest BCUT2D eigenvalue weighted by molar-refractivity contribution is -0.139. The number of carbonyl (C=O) groups is 1. The van der Waals surface area contributed by atoms with Crippen molar-refractivity contribution in [3.63, 3.8) is 0 Å². The Morgan fingerprint density at radius 2 is 2.00 bits per heavy atom. The predicted octanol–water partition coefficient (Wildman–Crippen LogP) is 1.77. The molecule has 4 heteroatoms. The zero-order valence-corrected chi connectivity index (χ0v) is 10.4. The van der Waals surface area contributed by atoms with E-state index in [4.69, 9.17) is 15.6 Å². The summed E-state index contributed by atoms with van der Waals surface area (Å²) in [6.45, 7) is 6.20. The third-order valence-corrected chi connectivity index (χ3v) is 2.43. The molecular weight excluding hydrogens is 218 g/mol. The summed E-state index contributed by atoms with van der Waals surface area (Å²) < 4.78 is 5.48. The van der Waals surface area contributed by atoms with E-state index in [9.17, 15) is 4.79 Å². The lowest BCUT2D eigenvalue weighted by Crippen LogP contribution is -2.36. The number of para-hydroxylation sites is 1. The highest BCUT2D eigenvalue weighted by atomic mass is 16.5. The van der Waals surface area contributed by atoms with Gasteiger partial charge in [0.15, 0.2) is 0 Å². The first kappa shape index (κ1) is 13.5. The van der Waals surface area contributed by atoms with Crippen LogP contribution in [0.1, 0.15) is 26.3 Å². The van der Waals surface area contributed by atoms with Gasteiger partial charge < -0.3 is 15.6 Å². The second kappa shape index (κ2) is 5.19. The normalized spacial score (nSPS) is 13.2. The number of hydrogen-bond donors (Lipinski definition) is 2. The van der Waals surface area contributed by atoms with Crippen LogP contribution in [0.25, 0.3) is 0 Å². The predicted molar refractivity (Wildman–Crippen MR) is 66.2 cm³/mol. The topological polar surface area (TPSA) is 72.5 Å². The number of hydrogen-bond acceptors (Lipinski definition) is 3. The molecule has 0 amide bonds. The van der Waals surface area contributed by atoms with Crippen molar-refractivity contribution < 1.29 is 14.6 Å². The fraction of sp³-hybridized carbons (Fsp3) is 0.462. The van der Waals surface area contributed by atoms with Crippen molar-refractivity contribution in [2.24, 2.45) is 5.73 Å². The minimum Gasteiger partial charge on any atom is -0.491 e. The number of nitrogens with two attached hydrogens (primary N) is 1. The van der Waals surface area contributed by atoms with E-state index in [0.29, 0.717) is 5.75 Å². The van der Waals surface area contributed by atoms with Crippen molar-refractivity contribution in [1.82, 2.24) is 0 Å². The number of carboxylic acids is 1. The molecule has 0 fully saturated rings. The van der Waals surface area contributed by atoms with Crippen LogP contribution in [0.5, 0.6) is 5.75 Å². The van der Waals surface area contributed by atoms with Crippen LogP contribution in [0.2, 0.25) is 0 Å². The van der Waals surface area contributed by atoms with Gasteiger partial charge in [0, 0.05) is 0 Å². The summed E-state index contributed by atoms with van der Waals surface area (Å²) in [5.41, 5.74) is 6.39. The molecule has 1 aromatic carbocycles. The molecule has 4 nitrogen and oxygen atoms in total. The molecule has 1 rings (SSSR count). The molecule has 0 aliphatic rings. The molecule has 0 saturated carbocycles. The van der Waals surface area contributed by atoms with E-state index in [2.05, 4.69) is 20.8 Å². The van der Waals surface area contributed by atoms with E-state index in [1.165, 1.54) is 0 Å². The molecule has 0 bridgehead atoms. The maximum absolute atomic E-state index is 10.6. The first-order valence-corrected chi connectivity index (χ1v) is 5.53. The third-order valence-electron chi connectivity index (χ3n) is 2.43. The number of aliphatic carboxylic acids is 1. The van der Waals surface area contributed by atoms with Crippen LogP contribution >= 0.6 is 0 Å². The second-order valence-electron chi connectivity index (χ2n) is 5.00. The highest BCUT2D eigenvalue weighted by Crippen LogP contribution is 2.30. The zero-order valence-electron chi connectivity index (χ0n) is 10.4. The quantitative estimate of drug-likeness (QED) is 0.837. The highest BCUT2D eigenvalue weighted by Gasteiger charge is 2.19. The Balaban J connectivity index is 2.81. The molecule has 3 N–H and O–H groups in total. The van der Waals surface area contributed by atoms with Gasteiger partial charge >= 0.3 is 5.97 Å². The van der Waals surface area contributed by atoms with Crippen LogP contribution in [0.15, 0.2) is 24.3 Å². The molecule has 0 radical (unpaired) electrons. The molecule has 0 spiro atoms. The van der Waals surface area contributed by atoms with E-state index in [1.807, 2.05) is 24.3 Å². The van der Waals surface area contributed by atoms with E-state index in [0.717, 1.165) is 5.56 Å². The summed E-state index contributed by atoms with van der Waals surface area (Å²) in [6, 6.07) is 6.60. The molecule has 0 aliphatic heterocycles. The molecule has 0 saturated heterocycles. The van der Waals surface area contributed by atoms with Crippen LogP contribution < -0.4 is 10.5 Å². The number of ether oxygens (including phenoxy) is 1. The van der Waals surface area contributed by atoms with Gasteiger partial charge in [0.05, 0.1) is 0 Å². The first-order valence-electron chi connectivity index (χ1n) is 5.53. The summed E-state index contributed by atoms with van der Waals surface area (Å²) in [6.07, 6.45) is 0. The van der Waals surface area contributed by atoms with Gasteiger partial charge in [-0.05, 0) is 17.0 Å². The fourth-order valence-corrected chi connectivity index (χ4v) is 1.46. The maximum atomic E-state index is 10.6. The minimum absolute atomic E-state index is 0.0254. The number of rotatable bonds is 4. The highest BCUT2D eigenvalue weighted by molar-refractivity contribution is 5.73. The van der Waals surface area contributed by atoms with Gasteiger partial charge in [-0.15, -0.1) is 0 Å². The van der Waals surface area contributed by atoms with Crippen molar-refractivity contribution in [2.45, 2.75) is 32.2 Å². The molecule has 0 aliphatic carbocycles. The monoisotopic (exact) mass is 237 g/mol. The Labute approximate surface area is 101 Å². The van der Waals surface area contributed by atoms with E-state index < -0.39 is 12.0 Å². The lowest BCUT2D eigenvalue weighted by Gasteiger charge is -2.23. The van der Waals surface area contributed by atoms with Crippen molar-refractivity contribution in [3.05, 3.63) is 29.8 Å². The summed E-state index contributed by atoms with van der Waals surface area (Å²) in [4.78, 5) is 10.6. The molecule has 1 aromatic rings. The van der Waals surface area contributed by atoms with Gasteiger partial charge in [0.25, 0.3) is 0 Å². The second-order valence-corrected chi connectivity index (χ2v) is 5.00. The number of carboxylic acid groups (broad SMARTS) is 1. The summed E-state index contributed by atoms with van der Waals surface area (Å²) in [7, 11) is 0. The minimum atomic E-state index is -1.06. The molecule has 94 valence electrons. The average Bonchev–Trinajstić information content (AvgIpc) is 2.24. The Morgan fingerprint density at radius 1 is 1.41 bits per heavy atom. The van der Waals surface area contributed by atoms with E-state index in [-0.39, 0.29) is 12.0 Å². The van der Waals surface area contributed by atoms with Crippen molar-refractivity contribution >= 4 is 5.97 Å².